The van der Waals surface area contributed by atoms with E-state index in [4.69, 9.17) is 9.47 Å². The van der Waals surface area contributed by atoms with Crippen LogP contribution in [0.25, 0.3) is 0 Å². The molecule has 0 saturated heterocycles. The number of unbranched alkanes of at least 4 members (excludes halogenated alkanes) is 1. The monoisotopic (exact) mass is 232 g/mol. The van der Waals surface area contributed by atoms with Gasteiger partial charge in [0, 0.05) is 7.11 Å². The van der Waals surface area contributed by atoms with Crippen molar-refractivity contribution in [3.63, 3.8) is 0 Å². The molecule has 4 nitrogen and oxygen atoms in total. The quantitative estimate of drug-likeness (QED) is 0.679. The van der Waals surface area contributed by atoms with Crippen LogP contribution in [-0.4, -0.2) is 37.0 Å². The van der Waals surface area contributed by atoms with Gasteiger partial charge in [-0.1, -0.05) is 19.8 Å². The fourth-order valence-corrected chi connectivity index (χ4v) is 1.72. The van der Waals surface area contributed by atoms with E-state index < -0.39 is 17.6 Å². The van der Waals surface area contributed by atoms with Crippen LogP contribution >= 0.6 is 0 Å². The van der Waals surface area contributed by atoms with E-state index >= 15 is 0 Å². The molecule has 4 heteroatoms. The number of esters is 1. The molecular formula is C12H24O4. The molecule has 3 unspecified atom stereocenters. The minimum atomic E-state index is -1.20. The van der Waals surface area contributed by atoms with Gasteiger partial charge < -0.3 is 14.6 Å². The van der Waals surface area contributed by atoms with Crippen molar-refractivity contribution < 1.29 is 19.4 Å². The van der Waals surface area contributed by atoms with E-state index in [1.54, 1.807) is 13.8 Å². The van der Waals surface area contributed by atoms with Gasteiger partial charge in [0.25, 0.3) is 0 Å². The molecule has 0 heterocycles. The predicted octanol–water partition coefficient (Wildman–Crippen LogP) is 1.75. The average molecular weight is 232 g/mol. The number of rotatable bonds is 7. The zero-order chi connectivity index (χ0) is 12.8. The third-order valence-electron chi connectivity index (χ3n) is 3.21. The molecule has 1 N–H and O–H groups in total. The number of hydrogen-bond donors (Lipinski definition) is 1. The highest BCUT2D eigenvalue weighted by atomic mass is 16.5. The topological polar surface area (TPSA) is 55.8 Å². The second-order valence-electron chi connectivity index (χ2n) is 4.32. The minimum absolute atomic E-state index is 0.373. The molecule has 96 valence electrons. The van der Waals surface area contributed by atoms with Crippen molar-refractivity contribution in [1.29, 1.82) is 0 Å². The summed E-state index contributed by atoms with van der Waals surface area (Å²) in [7, 11) is 2.86. The van der Waals surface area contributed by atoms with Crippen molar-refractivity contribution >= 4 is 5.97 Å². The van der Waals surface area contributed by atoms with Gasteiger partial charge in [-0.15, -0.1) is 0 Å². The summed E-state index contributed by atoms with van der Waals surface area (Å²) in [5.41, 5.74) is -1.20. The Morgan fingerprint density at radius 2 is 2.00 bits per heavy atom. The van der Waals surface area contributed by atoms with E-state index in [9.17, 15) is 9.90 Å². The Kier molecular flexibility index (Phi) is 6.60. The van der Waals surface area contributed by atoms with Gasteiger partial charge in [0.1, 0.15) is 5.60 Å². The fraction of sp³-hybridized carbons (Fsp3) is 0.917. The lowest BCUT2D eigenvalue weighted by atomic mass is 9.81. The standard InChI is InChI=1S/C12H24O4/c1-6-7-8-10(11(13)16-5)12(3,14)9(2)15-4/h9-10,14H,6-8H2,1-5H3. The molecule has 0 rings (SSSR count). The van der Waals surface area contributed by atoms with Crippen molar-refractivity contribution in [2.45, 2.75) is 51.7 Å². The van der Waals surface area contributed by atoms with E-state index in [1.807, 2.05) is 6.92 Å². The summed E-state index contributed by atoms with van der Waals surface area (Å²) in [4.78, 5) is 11.6. The van der Waals surface area contributed by atoms with Gasteiger partial charge in [0.05, 0.1) is 19.1 Å². The first-order valence-electron chi connectivity index (χ1n) is 5.74. The number of ether oxygens (including phenoxy) is 2. The second-order valence-corrected chi connectivity index (χ2v) is 4.32. The van der Waals surface area contributed by atoms with Crippen LogP contribution in [0.1, 0.15) is 40.0 Å². The Hall–Kier alpha value is -0.610. The summed E-state index contributed by atoms with van der Waals surface area (Å²) in [5, 5.41) is 10.3. The van der Waals surface area contributed by atoms with Crippen molar-refractivity contribution in [3.05, 3.63) is 0 Å². The lowest BCUT2D eigenvalue weighted by molar-refractivity contribution is -0.166. The molecule has 0 aliphatic carbocycles. The predicted molar refractivity (Wildman–Crippen MR) is 62.1 cm³/mol. The van der Waals surface area contributed by atoms with Crippen LogP contribution in [0.2, 0.25) is 0 Å². The van der Waals surface area contributed by atoms with E-state index in [0.717, 1.165) is 12.8 Å². The summed E-state index contributed by atoms with van der Waals surface area (Å²) < 4.78 is 9.85. The molecule has 0 aromatic rings. The molecule has 0 spiro atoms. The van der Waals surface area contributed by atoms with Crippen LogP contribution in [0, 0.1) is 5.92 Å². The first-order valence-corrected chi connectivity index (χ1v) is 5.74. The first kappa shape index (κ1) is 15.4. The number of aliphatic hydroxyl groups is 1. The van der Waals surface area contributed by atoms with Crippen LogP contribution in [-0.2, 0) is 14.3 Å². The SMILES string of the molecule is CCCCC(C(=O)OC)C(C)(O)C(C)OC. The molecule has 0 aromatic heterocycles. The van der Waals surface area contributed by atoms with Crippen molar-refractivity contribution in [3.8, 4) is 0 Å². The third-order valence-corrected chi connectivity index (χ3v) is 3.21. The summed E-state index contributed by atoms with van der Waals surface area (Å²) in [5.74, 6) is -0.908. The minimum Gasteiger partial charge on any atom is -0.469 e. The van der Waals surface area contributed by atoms with Gasteiger partial charge in [-0.2, -0.15) is 0 Å². The van der Waals surface area contributed by atoms with Crippen LogP contribution in [0.15, 0.2) is 0 Å². The average Bonchev–Trinajstić information content (AvgIpc) is 2.27. The van der Waals surface area contributed by atoms with Crippen LogP contribution in [0.3, 0.4) is 0 Å². The number of carbonyl (C=O) groups is 1. The fourth-order valence-electron chi connectivity index (χ4n) is 1.72. The van der Waals surface area contributed by atoms with Gasteiger partial charge in [0.2, 0.25) is 0 Å². The summed E-state index contributed by atoms with van der Waals surface area (Å²) >= 11 is 0. The first-order chi connectivity index (χ1) is 7.41. The highest BCUT2D eigenvalue weighted by Crippen LogP contribution is 2.28. The zero-order valence-electron chi connectivity index (χ0n) is 10.9. The van der Waals surface area contributed by atoms with Gasteiger partial charge in [-0.25, -0.2) is 0 Å². The molecule has 16 heavy (non-hydrogen) atoms. The highest BCUT2D eigenvalue weighted by Gasteiger charge is 2.42. The lowest BCUT2D eigenvalue weighted by Crippen LogP contribution is -2.49. The normalized spacial score (nSPS) is 18.6. The smallest absolute Gasteiger partial charge is 0.311 e. The van der Waals surface area contributed by atoms with E-state index in [0.29, 0.717) is 6.42 Å². The Morgan fingerprint density at radius 1 is 1.44 bits per heavy atom. The Labute approximate surface area is 97.9 Å². The maximum absolute atomic E-state index is 11.6. The Morgan fingerprint density at radius 3 is 2.38 bits per heavy atom. The number of hydrogen-bond acceptors (Lipinski definition) is 4. The molecule has 0 saturated carbocycles. The van der Waals surface area contributed by atoms with Crippen molar-refractivity contribution in [2.75, 3.05) is 14.2 Å². The summed E-state index contributed by atoms with van der Waals surface area (Å²) in [6, 6.07) is 0. The summed E-state index contributed by atoms with van der Waals surface area (Å²) in [6.45, 7) is 5.42. The van der Waals surface area contributed by atoms with Crippen LogP contribution in [0.5, 0.6) is 0 Å². The largest absolute Gasteiger partial charge is 0.469 e. The Bertz CT molecular complexity index is 213. The van der Waals surface area contributed by atoms with Gasteiger partial charge in [-0.05, 0) is 20.3 Å². The van der Waals surface area contributed by atoms with Gasteiger partial charge in [0.15, 0.2) is 0 Å². The van der Waals surface area contributed by atoms with Crippen molar-refractivity contribution in [1.82, 2.24) is 0 Å². The Balaban J connectivity index is 4.78. The molecular weight excluding hydrogens is 208 g/mol. The van der Waals surface area contributed by atoms with Crippen LogP contribution in [0.4, 0.5) is 0 Å². The lowest BCUT2D eigenvalue weighted by Gasteiger charge is -2.35. The van der Waals surface area contributed by atoms with Crippen molar-refractivity contribution in [2.24, 2.45) is 5.92 Å². The maximum atomic E-state index is 11.6. The second kappa shape index (κ2) is 6.86. The molecule has 0 bridgehead atoms. The molecule has 0 fully saturated rings. The van der Waals surface area contributed by atoms with E-state index in [2.05, 4.69) is 0 Å². The molecule has 0 radical (unpaired) electrons. The third kappa shape index (κ3) is 3.76. The van der Waals surface area contributed by atoms with E-state index in [-0.39, 0.29) is 5.97 Å². The molecule has 0 aliphatic heterocycles. The maximum Gasteiger partial charge on any atom is 0.311 e. The summed E-state index contributed by atoms with van der Waals surface area (Å²) in [6.07, 6.45) is 2.06. The van der Waals surface area contributed by atoms with E-state index in [1.165, 1.54) is 14.2 Å². The van der Waals surface area contributed by atoms with Gasteiger partial charge in [-0.3, -0.25) is 4.79 Å². The molecule has 0 aromatic carbocycles. The molecule has 0 amide bonds. The van der Waals surface area contributed by atoms with Crippen LogP contribution < -0.4 is 0 Å². The molecule has 0 aliphatic rings. The molecule has 3 atom stereocenters. The number of methoxy groups -OCH3 is 2. The highest BCUT2D eigenvalue weighted by molar-refractivity contribution is 5.73. The number of carbonyl (C=O) groups excluding carboxylic acids is 1. The van der Waals surface area contributed by atoms with Gasteiger partial charge >= 0.3 is 5.97 Å². The zero-order valence-corrected chi connectivity index (χ0v) is 10.9.